The maximum absolute atomic E-state index is 11.4. The van der Waals surface area contributed by atoms with Crippen LogP contribution < -0.4 is 0 Å². The fourth-order valence-corrected chi connectivity index (χ4v) is 1.43. The maximum atomic E-state index is 11.4. The summed E-state index contributed by atoms with van der Waals surface area (Å²) in [7, 11) is 1.52. The normalized spacial score (nSPS) is 16.3. The highest BCUT2D eigenvalue weighted by atomic mass is 16.7. The molecule has 1 aliphatic heterocycles. The van der Waals surface area contributed by atoms with Crippen molar-refractivity contribution >= 4 is 17.8 Å². The lowest BCUT2D eigenvalue weighted by atomic mass is 10.1. The predicted octanol–water partition coefficient (Wildman–Crippen LogP) is 0.0352. The summed E-state index contributed by atoms with van der Waals surface area (Å²) in [6.07, 6.45) is 0.143. The molecule has 1 aliphatic rings. The van der Waals surface area contributed by atoms with E-state index in [1.165, 1.54) is 7.11 Å². The second-order valence-corrected chi connectivity index (χ2v) is 4.53. The van der Waals surface area contributed by atoms with Crippen molar-refractivity contribution in [3.8, 4) is 0 Å². The Hall–Kier alpha value is -1.47. The van der Waals surface area contributed by atoms with Gasteiger partial charge in [-0.3, -0.25) is 9.59 Å². The molecule has 102 valence electrons. The third-order valence-electron chi connectivity index (χ3n) is 2.27. The van der Waals surface area contributed by atoms with Gasteiger partial charge in [0.05, 0.1) is 12.2 Å². The van der Waals surface area contributed by atoms with Crippen molar-refractivity contribution in [1.82, 2.24) is 5.06 Å². The third kappa shape index (κ3) is 4.08. The molecule has 1 heterocycles. The molecule has 0 aromatic heterocycles. The minimum Gasteiger partial charge on any atom is -0.382 e. The van der Waals surface area contributed by atoms with Crippen molar-refractivity contribution in [3.63, 3.8) is 0 Å². The monoisotopic (exact) mass is 259 g/mol. The summed E-state index contributed by atoms with van der Waals surface area (Å²) in [5.74, 6) is -1.81. The topological polar surface area (TPSA) is 82.1 Å². The van der Waals surface area contributed by atoms with Crippen LogP contribution in [0.3, 0.4) is 0 Å². The van der Waals surface area contributed by atoms with E-state index in [2.05, 4.69) is 4.84 Å². The number of ether oxygens (including phenoxy) is 2. The van der Waals surface area contributed by atoms with Crippen molar-refractivity contribution in [2.45, 2.75) is 32.3 Å². The van der Waals surface area contributed by atoms with Gasteiger partial charge in [-0.05, 0) is 13.8 Å². The number of nitrogens with zero attached hydrogens (tertiary/aromatic N) is 1. The molecular formula is C11H17NO6. The molecule has 7 nitrogen and oxygen atoms in total. The summed E-state index contributed by atoms with van der Waals surface area (Å²) in [5.41, 5.74) is -0.646. The number of hydroxylamine groups is 2. The molecule has 2 amide bonds. The summed E-state index contributed by atoms with van der Waals surface area (Å²) in [4.78, 5) is 38.4. The number of methoxy groups -OCH3 is 1. The summed E-state index contributed by atoms with van der Waals surface area (Å²) in [6.45, 7) is 3.45. The zero-order valence-corrected chi connectivity index (χ0v) is 10.7. The van der Waals surface area contributed by atoms with Crippen molar-refractivity contribution < 1.29 is 28.7 Å². The van der Waals surface area contributed by atoms with E-state index >= 15 is 0 Å². The van der Waals surface area contributed by atoms with E-state index in [0.717, 1.165) is 0 Å². The zero-order valence-electron chi connectivity index (χ0n) is 10.7. The number of hydrogen-bond donors (Lipinski definition) is 0. The molecule has 0 bridgehead atoms. The molecule has 0 unspecified atom stereocenters. The molecule has 18 heavy (non-hydrogen) atoms. The van der Waals surface area contributed by atoms with Crippen molar-refractivity contribution in [2.24, 2.45) is 0 Å². The Balaban J connectivity index is 2.38. The van der Waals surface area contributed by atoms with Crippen molar-refractivity contribution in [3.05, 3.63) is 0 Å². The molecule has 0 spiro atoms. The molecule has 0 radical (unpaired) electrons. The van der Waals surface area contributed by atoms with E-state index in [9.17, 15) is 14.4 Å². The van der Waals surface area contributed by atoms with Gasteiger partial charge < -0.3 is 14.3 Å². The Labute approximate surface area is 105 Å². The summed E-state index contributed by atoms with van der Waals surface area (Å²) in [6, 6.07) is 0. The Morgan fingerprint density at radius 2 is 1.83 bits per heavy atom. The first kappa shape index (κ1) is 14.6. The van der Waals surface area contributed by atoms with Crippen molar-refractivity contribution in [2.75, 3.05) is 20.3 Å². The number of hydrogen-bond acceptors (Lipinski definition) is 6. The van der Waals surface area contributed by atoms with Crippen LogP contribution in [0.4, 0.5) is 0 Å². The van der Waals surface area contributed by atoms with Crippen LogP contribution in [0.2, 0.25) is 0 Å². The minimum absolute atomic E-state index is 0.0716. The largest absolute Gasteiger partial charge is 0.382 e. The minimum atomic E-state index is -0.789. The van der Waals surface area contributed by atoms with Gasteiger partial charge in [-0.15, -0.1) is 5.06 Å². The standard InChI is InChI=1S/C11H17NO6/c1-11(2,7-16-3)17-6-10(15)18-12-8(13)4-5-9(12)14/h4-7H2,1-3H3. The second-order valence-electron chi connectivity index (χ2n) is 4.53. The molecule has 0 aromatic carbocycles. The van der Waals surface area contributed by atoms with E-state index in [4.69, 9.17) is 9.47 Å². The average Bonchev–Trinajstić information content (AvgIpc) is 2.58. The number of amides is 2. The molecule has 7 heteroatoms. The smallest absolute Gasteiger partial charge is 0.358 e. The molecule has 1 saturated heterocycles. The molecule has 1 fully saturated rings. The number of imide groups is 1. The first-order valence-electron chi connectivity index (χ1n) is 5.55. The lowest BCUT2D eigenvalue weighted by Crippen LogP contribution is -2.37. The average molecular weight is 259 g/mol. The Kier molecular flexibility index (Phi) is 4.80. The van der Waals surface area contributed by atoms with E-state index in [1.54, 1.807) is 13.8 Å². The lowest BCUT2D eigenvalue weighted by molar-refractivity contribution is -0.203. The fourth-order valence-electron chi connectivity index (χ4n) is 1.43. The van der Waals surface area contributed by atoms with Gasteiger partial charge in [0, 0.05) is 20.0 Å². The second kappa shape index (κ2) is 5.92. The highest BCUT2D eigenvalue weighted by Gasteiger charge is 2.33. The maximum Gasteiger partial charge on any atom is 0.358 e. The van der Waals surface area contributed by atoms with E-state index < -0.39 is 23.4 Å². The Morgan fingerprint density at radius 1 is 1.28 bits per heavy atom. The van der Waals surface area contributed by atoms with Crippen LogP contribution in [0, 0.1) is 0 Å². The van der Waals surface area contributed by atoms with Crippen molar-refractivity contribution in [1.29, 1.82) is 0 Å². The summed E-state index contributed by atoms with van der Waals surface area (Å²) in [5, 5.41) is 0.495. The molecular weight excluding hydrogens is 242 g/mol. The number of rotatable bonds is 6. The van der Waals surface area contributed by atoms with Gasteiger partial charge in [0.1, 0.15) is 6.61 Å². The highest BCUT2D eigenvalue weighted by molar-refractivity contribution is 6.01. The van der Waals surface area contributed by atoms with Gasteiger partial charge in [0.2, 0.25) is 0 Å². The van der Waals surface area contributed by atoms with E-state index in [0.29, 0.717) is 11.7 Å². The van der Waals surface area contributed by atoms with Gasteiger partial charge in [0.25, 0.3) is 11.8 Å². The summed E-state index contributed by atoms with van der Waals surface area (Å²) < 4.78 is 10.2. The van der Waals surface area contributed by atoms with Gasteiger partial charge in [0.15, 0.2) is 0 Å². The van der Waals surface area contributed by atoms with E-state index in [1.807, 2.05) is 0 Å². The molecule has 0 atom stereocenters. The summed E-state index contributed by atoms with van der Waals surface area (Å²) >= 11 is 0. The quantitative estimate of drug-likeness (QED) is 0.626. The number of carbonyl (C=O) groups excluding carboxylic acids is 3. The van der Waals surface area contributed by atoms with Crippen LogP contribution >= 0.6 is 0 Å². The third-order valence-corrected chi connectivity index (χ3v) is 2.27. The van der Waals surface area contributed by atoms with E-state index in [-0.39, 0.29) is 19.4 Å². The first-order chi connectivity index (χ1) is 8.35. The van der Waals surface area contributed by atoms with Crippen LogP contribution in [0.5, 0.6) is 0 Å². The highest BCUT2D eigenvalue weighted by Crippen LogP contribution is 2.13. The zero-order chi connectivity index (χ0) is 13.8. The first-order valence-corrected chi connectivity index (χ1v) is 5.55. The van der Waals surface area contributed by atoms with Gasteiger partial charge in [-0.2, -0.15) is 0 Å². The van der Waals surface area contributed by atoms with Crippen LogP contribution in [0.25, 0.3) is 0 Å². The van der Waals surface area contributed by atoms with Gasteiger partial charge in [-0.1, -0.05) is 0 Å². The molecule has 0 aromatic rings. The molecule has 0 saturated carbocycles. The molecule has 0 N–H and O–H groups in total. The predicted molar refractivity (Wildman–Crippen MR) is 59.1 cm³/mol. The number of carbonyl (C=O) groups is 3. The van der Waals surface area contributed by atoms with Crippen LogP contribution in [0.15, 0.2) is 0 Å². The lowest BCUT2D eigenvalue weighted by Gasteiger charge is -2.23. The molecule has 1 rings (SSSR count). The fraction of sp³-hybridized carbons (Fsp3) is 0.727. The Morgan fingerprint density at radius 3 is 2.33 bits per heavy atom. The van der Waals surface area contributed by atoms with Crippen LogP contribution in [0.1, 0.15) is 26.7 Å². The van der Waals surface area contributed by atoms with Gasteiger partial charge >= 0.3 is 5.97 Å². The van der Waals surface area contributed by atoms with Gasteiger partial charge in [-0.25, -0.2) is 4.79 Å². The SMILES string of the molecule is COCC(C)(C)OCC(=O)ON1C(=O)CCC1=O. The Bertz CT molecular complexity index is 335. The molecule has 0 aliphatic carbocycles. The van der Waals surface area contributed by atoms with Crippen LogP contribution in [-0.2, 0) is 28.7 Å². The van der Waals surface area contributed by atoms with Crippen LogP contribution in [-0.4, -0.2) is 48.8 Å².